The van der Waals surface area contributed by atoms with Crippen molar-refractivity contribution in [1.82, 2.24) is 5.32 Å². The summed E-state index contributed by atoms with van der Waals surface area (Å²) in [5.74, 6) is 2.61. The summed E-state index contributed by atoms with van der Waals surface area (Å²) in [5.41, 5.74) is 0. The first-order valence-corrected chi connectivity index (χ1v) is 6.56. The number of rotatable bonds is 8. The molecule has 0 saturated carbocycles. The highest BCUT2D eigenvalue weighted by molar-refractivity contribution is 5.06. The second-order valence-electron chi connectivity index (χ2n) is 4.61. The molecule has 0 aromatic carbocycles. The van der Waals surface area contributed by atoms with Crippen LogP contribution in [0.3, 0.4) is 0 Å². The summed E-state index contributed by atoms with van der Waals surface area (Å²) in [6, 6.07) is 4.47. The smallest absolute Gasteiger partial charge is 0.117 e. The minimum atomic E-state index is 0.380. The average molecular weight is 239 g/mol. The number of furan rings is 1. The van der Waals surface area contributed by atoms with Crippen molar-refractivity contribution in [3.05, 3.63) is 23.7 Å². The molecule has 0 amide bonds. The Morgan fingerprint density at radius 3 is 2.47 bits per heavy atom. The Labute approximate surface area is 105 Å². The molecular weight excluding hydrogens is 214 g/mol. The number of ether oxygens (including phenoxy) is 1. The lowest BCUT2D eigenvalue weighted by Crippen LogP contribution is -2.37. The quantitative estimate of drug-likeness (QED) is 0.757. The summed E-state index contributed by atoms with van der Waals surface area (Å²) in [5, 5.41) is 3.49. The molecule has 0 aliphatic carbocycles. The lowest BCUT2D eigenvalue weighted by Gasteiger charge is -2.21. The molecule has 1 rings (SSSR count). The van der Waals surface area contributed by atoms with Crippen LogP contribution in [0, 0.1) is 5.92 Å². The summed E-state index contributed by atoms with van der Waals surface area (Å²) in [6.45, 7) is 10.8. The molecule has 1 N–H and O–H groups in total. The standard InChI is InChI=1S/C14H25NO2/c1-5-12-7-8-13(17-12)9-15-14(11(3)4)10-16-6-2/h7-8,11,14-15H,5-6,9-10H2,1-4H3. The lowest BCUT2D eigenvalue weighted by atomic mass is 10.1. The van der Waals surface area contributed by atoms with Gasteiger partial charge in [-0.25, -0.2) is 0 Å². The van der Waals surface area contributed by atoms with Gasteiger partial charge < -0.3 is 14.5 Å². The van der Waals surface area contributed by atoms with E-state index in [2.05, 4.69) is 26.1 Å². The van der Waals surface area contributed by atoms with E-state index in [4.69, 9.17) is 9.15 Å². The van der Waals surface area contributed by atoms with Crippen molar-refractivity contribution in [2.75, 3.05) is 13.2 Å². The monoisotopic (exact) mass is 239 g/mol. The van der Waals surface area contributed by atoms with Gasteiger partial charge in [-0.3, -0.25) is 0 Å². The maximum Gasteiger partial charge on any atom is 0.117 e. The van der Waals surface area contributed by atoms with Gasteiger partial charge in [0.25, 0.3) is 0 Å². The van der Waals surface area contributed by atoms with E-state index in [1.54, 1.807) is 0 Å². The van der Waals surface area contributed by atoms with Crippen LogP contribution >= 0.6 is 0 Å². The minimum absolute atomic E-state index is 0.380. The zero-order valence-corrected chi connectivity index (χ0v) is 11.5. The number of hydrogen-bond donors (Lipinski definition) is 1. The molecule has 1 aromatic rings. The Bertz CT molecular complexity index is 307. The Hall–Kier alpha value is -0.800. The summed E-state index contributed by atoms with van der Waals surface area (Å²) in [6.07, 6.45) is 0.951. The molecule has 0 aliphatic heterocycles. The fourth-order valence-electron chi connectivity index (χ4n) is 1.67. The Balaban J connectivity index is 2.40. The molecule has 0 fully saturated rings. The molecule has 3 nitrogen and oxygen atoms in total. The van der Waals surface area contributed by atoms with E-state index in [0.29, 0.717) is 12.0 Å². The molecule has 0 aliphatic rings. The van der Waals surface area contributed by atoms with Gasteiger partial charge in [-0.05, 0) is 25.0 Å². The van der Waals surface area contributed by atoms with Crippen LogP contribution in [0.4, 0.5) is 0 Å². The number of hydrogen-bond acceptors (Lipinski definition) is 3. The van der Waals surface area contributed by atoms with Gasteiger partial charge in [0, 0.05) is 19.1 Å². The first-order chi connectivity index (χ1) is 8.17. The molecule has 17 heavy (non-hydrogen) atoms. The molecule has 98 valence electrons. The van der Waals surface area contributed by atoms with E-state index in [1.165, 1.54) is 0 Å². The fraction of sp³-hybridized carbons (Fsp3) is 0.714. The Kier molecular flexibility index (Phi) is 6.30. The highest BCUT2D eigenvalue weighted by atomic mass is 16.5. The van der Waals surface area contributed by atoms with Crippen LogP contribution in [0.2, 0.25) is 0 Å². The predicted molar refractivity (Wildman–Crippen MR) is 70.0 cm³/mol. The van der Waals surface area contributed by atoms with E-state index in [0.717, 1.165) is 37.7 Å². The minimum Gasteiger partial charge on any atom is -0.465 e. The molecule has 0 radical (unpaired) electrons. The second-order valence-corrected chi connectivity index (χ2v) is 4.61. The SMILES string of the molecule is CCOCC(NCc1ccc(CC)o1)C(C)C. The van der Waals surface area contributed by atoms with Gasteiger partial charge in [-0.2, -0.15) is 0 Å². The van der Waals surface area contributed by atoms with Crippen molar-refractivity contribution in [3.63, 3.8) is 0 Å². The highest BCUT2D eigenvalue weighted by Gasteiger charge is 2.13. The Morgan fingerprint density at radius 1 is 1.24 bits per heavy atom. The molecular formula is C14H25NO2. The van der Waals surface area contributed by atoms with Crippen LogP contribution in [0.1, 0.15) is 39.2 Å². The van der Waals surface area contributed by atoms with E-state index < -0.39 is 0 Å². The van der Waals surface area contributed by atoms with Crippen LogP contribution in [-0.4, -0.2) is 19.3 Å². The second kappa shape index (κ2) is 7.51. The zero-order valence-electron chi connectivity index (χ0n) is 11.5. The van der Waals surface area contributed by atoms with Crippen molar-refractivity contribution >= 4 is 0 Å². The Morgan fingerprint density at radius 2 is 1.94 bits per heavy atom. The van der Waals surface area contributed by atoms with Crippen LogP contribution in [0.15, 0.2) is 16.5 Å². The topological polar surface area (TPSA) is 34.4 Å². The molecule has 1 heterocycles. The van der Waals surface area contributed by atoms with E-state index >= 15 is 0 Å². The normalized spacial score (nSPS) is 13.2. The van der Waals surface area contributed by atoms with Crippen molar-refractivity contribution in [2.24, 2.45) is 5.92 Å². The van der Waals surface area contributed by atoms with Crippen LogP contribution < -0.4 is 5.32 Å². The molecule has 1 atom stereocenters. The largest absolute Gasteiger partial charge is 0.465 e. The number of aryl methyl sites for hydroxylation is 1. The predicted octanol–water partition coefficient (Wildman–Crippen LogP) is 2.99. The van der Waals surface area contributed by atoms with Gasteiger partial charge in [0.15, 0.2) is 0 Å². The zero-order chi connectivity index (χ0) is 12.7. The fourth-order valence-corrected chi connectivity index (χ4v) is 1.67. The summed E-state index contributed by atoms with van der Waals surface area (Å²) in [4.78, 5) is 0. The van der Waals surface area contributed by atoms with Crippen LogP contribution in [0.25, 0.3) is 0 Å². The van der Waals surface area contributed by atoms with Crippen molar-refractivity contribution in [3.8, 4) is 0 Å². The first-order valence-electron chi connectivity index (χ1n) is 6.56. The van der Waals surface area contributed by atoms with Crippen molar-refractivity contribution in [1.29, 1.82) is 0 Å². The summed E-state index contributed by atoms with van der Waals surface area (Å²) < 4.78 is 11.1. The van der Waals surface area contributed by atoms with Crippen molar-refractivity contribution < 1.29 is 9.15 Å². The summed E-state index contributed by atoms with van der Waals surface area (Å²) in [7, 11) is 0. The molecule has 0 bridgehead atoms. The van der Waals surface area contributed by atoms with E-state index in [-0.39, 0.29) is 0 Å². The maximum atomic E-state index is 5.66. The lowest BCUT2D eigenvalue weighted by molar-refractivity contribution is 0.107. The first kappa shape index (κ1) is 14.3. The molecule has 0 saturated heterocycles. The average Bonchev–Trinajstić information content (AvgIpc) is 2.76. The van der Waals surface area contributed by atoms with Crippen molar-refractivity contribution in [2.45, 2.75) is 46.7 Å². The van der Waals surface area contributed by atoms with Crippen LogP contribution in [0.5, 0.6) is 0 Å². The molecule has 3 heteroatoms. The van der Waals surface area contributed by atoms with Gasteiger partial charge in [-0.15, -0.1) is 0 Å². The number of nitrogens with one attached hydrogen (secondary N) is 1. The van der Waals surface area contributed by atoms with Gasteiger partial charge in [-0.1, -0.05) is 20.8 Å². The van der Waals surface area contributed by atoms with Gasteiger partial charge in [0.1, 0.15) is 11.5 Å². The molecule has 1 aromatic heterocycles. The maximum absolute atomic E-state index is 5.66. The molecule has 0 spiro atoms. The third-order valence-electron chi connectivity index (χ3n) is 2.91. The van der Waals surface area contributed by atoms with Crippen LogP contribution in [-0.2, 0) is 17.7 Å². The molecule has 1 unspecified atom stereocenters. The van der Waals surface area contributed by atoms with Gasteiger partial charge >= 0.3 is 0 Å². The summed E-state index contributed by atoms with van der Waals surface area (Å²) >= 11 is 0. The van der Waals surface area contributed by atoms with E-state index in [9.17, 15) is 0 Å². The van der Waals surface area contributed by atoms with Gasteiger partial charge in [0.05, 0.1) is 13.2 Å². The van der Waals surface area contributed by atoms with Gasteiger partial charge in [0.2, 0.25) is 0 Å². The highest BCUT2D eigenvalue weighted by Crippen LogP contribution is 2.10. The third-order valence-corrected chi connectivity index (χ3v) is 2.91. The van der Waals surface area contributed by atoms with E-state index in [1.807, 2.05) is 19.1 Å². The third kappa shape index (κ3) is 4.92.